The molecule has 1 rings (SSSR count). The first-order chi connectivity index (χ1) is 9.88. The zero-order valence-corrected chi connectivity index (χ0v) is 13.2. The summed E-state index contributed by atoms with van der Waals surface area (Å²) in [4.78, 5) is 25.5. The number of hydrogen-bond acceptors (Lipinski definition) is 4. The molecule has 21 heavy (non-hydrogen) atoms. The lowest BCUT2D eigenvalue weighted by atomic mass is 10.2. The summed E-state index contributed by atoms with van der Waals surface area (Å²) in [6.45, 7) is 4.36. The lowest BCUT2D eigenvalue weighted by molar-refractivity contribution is -0.125. The average Bonchev–Trinajstić information content (AvgIpc) is 2.47. The molecule has 0 saturated carbocycles. The van der Waals surface area contributed by atoms with Crippen molar-refractivity contribution in [3.63, 3.8) is 0 Å². The monoisotopic (exact) mass is 312 g/mol. The van der Waals surface area contributed by atoms with E-state index < -0.39 is 6.04 Å². The molecule has 0 fully saturated rings. The highest BCUT2D eigenvalue weighted by Gasteiger charge is 2.22. The van der Waals surface area contributed by atoms with Crippen molar-refractivity contribution in [2.45, 2.75) is 19.9 Å². The molecular formula is C14H21ClN4O2. The summed E-state index contributed by atoms with van der Waals surface area (Å²) < 4.78 is 0. The van der Waals surface area contributed by atoms with Gasteiger partial charge < -0.3 is 16.4 Å². The van der Waals surface area contributed by atoms with Crippen molar-refractivity contribution in [1.82, 2.24) is 10.2 Å². The molecule has 0 spiro atoms. The minimum atomic E-state index is -0.467. The standard InChI is InChI=1S/C14H21ClN4O2/c1-4-19(8-13(20)17-3)9(2)14(21)18-12-7-10(15)5-6-11(12)16/h5-7,9H,4,8,16H2,1-3H3,(H,17,20)(H,18,21). The smallest absolute Gasteiger partial charge is 0.241 e. The van der Waals surface area contributed by atoms with Gasteiger partial charge in [0.25, 0.3) is 0 Å². The highest BCUT2D eigenvalue weighted by atomic mass is 35.5. The van der Waals surface area contributed by atoms with Crippen LogP contribution in [0.5, 0.6) is 0 Å². The molecular weight excluding hydrogens is 292 g/mol. The first kappa shape index (κ1) is 17.3. The average molecular weight is 313 g/mol. The maximum absolute atomic E-state index is 12.3. The second kappa shape index (κ2) is 7.85. The third kappa shape index (κ3) is 4.91. The van der Waals surface area contributed by atoms with E-state index in [1.807, 2.05) is 6.92 Å². The number of rotatable bonds is 6. The molecule has 0 aromatic heterocycles. The Balaban J connectivity index is 2.77. The van der Waals surface area contributed by atoms with Crippen molar-refractivity contribution >= 4 is 34.8 Å². The van der Waals surface area contributed by atoms with Crippen LogP contribution in [0.25, 0.3) is 0 Å². The van der Waals surface area contributed by atoms with Crippen molar-refractivity contribution in [2.24, 2.45) is 0 Å². The molecule has 1 atom stereocenters. The van der Waals surface area contributed by atoms with Gasteiger partial charge in [0, 0.05) is 12.1 Å². The van der Waals surface area contributed by atoms with Crippen LogP contribution >= 0.6 is 11.6 Å². The van der Waals surface area contributed by atoms with Gasteiger partial charge in [-0.15, -0.1) is 0 Å². The summed E-state index contributed by atoms with van der Waals surface area (Å²) in [5, 5.41) is 5.77. The van der Waals surface area contributed by atoms with Crippen LogP contribution in [0.2, 0.25) is 5.02 Å². The zero-order valence-electron chi connectivity index (χ0n) is 12.4. The second-order valence-corrected chi connectivity index (χ2v) is 5.07. The molecule has 2 amide bonds. The lowest BCUT2D eigenvalue weighted by Crippen LogP contribution is -2.46. The van der Waals surface area contributed by atoms with Gasteiger partial charge in [-0.25, -0.2) is 0 Å². The van der Waals surface area contributed by atoms with Gasteiger partial charge in [0.2, 0.25) is 11.8 Å². The Hall–Kier alpha value is -1.79. The first-order valence-corrected chi connectivity index (χ1v) is 7.07. The van der Waals surface area contributed by atoms with E-state index in [0.717, 1.165) is 0 Å². The number of nitrogens with zero attached hydrogens (tertiary/aromatic N) is 1. The van der Waals surface area contributed by atoms with E-state index in [-0.39, 0.29) is 18.4 Å². The van der Waals surface area contributed by atoms with Crippen molar-refractivity contribution in [3.8, 4) is 0 Å². The molecule has 1 aromatic rings. The number of likely N-dealkylation sites (N-methyl/N-ethyl adjacent to an activating group) is 2. The largest absolute Gasteiger partial charge is 0.397 e. The number of halogens is 1. The Morgan fingerprint density at radius 1 is 1.43 bits per heavy atom. The number of nitrogen functional groups attached to an aromatic ring is 1. The minimum absolute atomic E-state index is 0.140. The number of hydrogen-bond donors (Lipinski definition) is 3. The Kier molecular flexibility index (Phi) is 6.45. The fourth-order valence-electron chi connectivity index (χ4n) is 1.83. The van der Waals surface area contributed by atoms with E-state index in [1.54, 1.807) is 37.1 Å². The number of benzene rings is 1. The molecule has 116 valence electrons. The number of nitrogens with two attached hydrogens (primary N) is 1. The summed E-state index contributed by atoms with van der Waals surface area (Å²) >= 11 is 5.89. The lowest BCUT2D eigenvalue weighted by Gasteiger charge is -2.26. The van der Waals surface area contributed by atoms with E-state index >= 15 is 0 Å². The van der Waals surface area contributed by atoms with E-state index in [0.29, 0.717) is 22.9 Å². The molecule has 0 heterocycles. The van der Waals surface area contributed by atoms with Crippen LogP contribution < -0.4 is 16.4 Å². The Morgan fingerprint density at radius 3 is 2.67 bits per heavy atom. The van der Waals surface area contributed by atoms with E-state index in [1.165, 1.54) is 0 Å². The molecule has 0 bridgehead atoms. The SMILES string of the molecule is CCN(CC(=O)NC)C(C)C(=O)Nc1cc(Cl)ccc1N. The van der Waals surface area contributed by atoms with Gasteiger partial charge in [0.05, 0.1) is 24.0 Å². The third-order valence-corrected chi connectivity index (χ3v) is 3.47. The van der Waals surface area contributed by atoms with Gasteiger partial charge >= 0.3 is 0 Å². The van der Waals surface area contributed by atoms with Gasteiger partial charge in [0.1, 0.15) is 0 Å². The van der Waals surface area contributed by atoms with Gasteiger partial charge in [-0.3, -0.25) is 14.5 Å². The number of carbonyl (C=O) groups is 2. The van der Waals surface area contributed by atoms with Gasteiger partial charge in [-0.05, 0) is 31.7 Å². The molecule has 0 saturated heterocycles. The normalized spacial score (nSPS) is 12.0. The van der Waals surface area contributed by atoms with Gasteiger partial charge in [-0.1, -0.05) is 18.5 Å². The summed E-state index contributed by atoms with van der Waals surface area (Å²) in [5.74, 6) is -0.381. The predicted molar refractivity (Wildman–Crippen MR) is 85.3 cm³/mol. The van der Waals surface area contributed by atoms with Crippen molar-refractivity contribution in [1.29, 1.82) is 0 Å². The predicted octanol–water partition coefficient (Wildman–Crippen LogP) is 1.32. The number of nitrogens with one attached hydrogen (secondary N) is 2. The van der Waals surface area contributed by atoms with Crippen LogP contribution in [0.15, 0.2) is 18.2 Å². The summed E-state index contributed by atoms with van der Waals surface area (Å²) in [5.41, 5.74) is 6.70. The fraction of sp³-hybridized carbons (Fsp3) is 0.429. The number of amides is 2. The van der Waals surface area contributed by atoms with Crippen molar-refractivity contribution in [3.05, 3.63) is 23.2 Å². The first-order valence-electron chi connectivity index (χ1n) is 6.69. The fourth-order valence-corrected chi connectivity index (χ4v) is 2.00. The van der Waals surface area contributed by atoms with E-state index in [2.05, 4.69) is 10.6 Å². The maximum Gasteiger partial charge on any atom is 0.241 e. The molecule has 6 nitrogen and oxygen atoms in total. The van der Waals surface area contributed by atoms with Crippen LogP contribution in [0, 0.1) is 0 Å². The molecule has 0 radical (unpaired) electrons. The van der Waals surface area contributed by atoms with Gasteiger partial charge in [0.15, 0.2) is 0 Å². The molecule has 0 aliphatic carbocycles. The highest BCUT2D eigenvalue weighted by molar-refractivity contribution is 6.31. The summed E-state index contributed by atoms with van der Waals surface area (Å²) in [6.07, 6.45) is 0. The quantitative estimate of drug-likeness (QED) is 0.691. The van der Waals surface area contributed by atoms with Crippen molar-refractivity contribution < 1.29 is 9.59 Å². The van der Waals surface area contributed by atoms with Crippen LogP contribution in [-0.4, -0.2) is 42.9 Å². The summed E-state index contributed by atoms with van der Waals surface area (Å²) in [6, 6.07) is 4.41. The second-order valence-electron chi connectivity index (χ2n) is 4.63. The molecule has 0 aliphatic rings. The van der Waals surface area contributed by atoms with Gasteiger partial charge in [-0.2, -0.15) is 0 Å². The van der Waals surface area contributed by atoms with Crippen LogP contribution in [0.3, 0.4) is 0 Å². The van der Waals surface area contributed by atoms with Crippen molar-refractivity contribution in [2.75, 3.05) is 31.2 Å². The Bertz CT molecular complexity index is 522. The highest BCUT2D eigenvalue weighted by Crippen LogP contribution is 2.23. The molecule has 1 aromatic carbocycles. The molecule has 0 aliphatic heterocycles. The van der Waals surface area contributed by atoms with Crippen LogP contribution in [-0.2, 0) is 9.59 Å². The summed E-state index contributed by atoms with van der Waals surface area (Å²) in [7, 11) is 1.56. The maximum atomic E-state index is 12.3. The minimum Gasteiger partial charge on any atom is -0.397 e. The van der Waals surface area contributed by atoms with Crippen LogP contribution in [0.1, 0.15) is 13.8 Å². The van der Waals surface area contributed by atoms with E-state index in [4.69, 9.17) is 17.3 Å². The molecule has 7 heteroatoms. The third-order valence-electron chi connectivity index (χ3n) is 3.23. The Morgan fingerprint density at radius 2 is 2.10 bits per heavy atom. The topological polar surface area (TPSA) is 87.5 Å². The van der Waals surface area contributed by atoms with Crippen LogP contribution in [0.4, 0.5) is 11.4 Å². The zero-order chi connectivity index (χ0) is 16.0. The van der Waals surface area contributed by atoms with E-state index in [9.17, 15) is 9.59 Å². The number of anilines is 2. The molecule has 1 unspecified atom stereocenters. The molecule has 4 N–H and O–H groups in total. The number of carbonyl (C=O) groups excluding carboxylic acids is 2. The Labute approximate surface area is 129 Å².